The standard InChI is InChI=1S/C72H44O/c1-3-16-45(17-4-1)53-38-39-64-67(44-53)73-66-29-15-28-65(72(64)66)71-62-26-13-11-24-60(62)70(61-25-12-14-27-63(61)71)55-37-35-50-41-48(31-33-52(50)43-55)47-30-32-51-42-54(36-34-49(51)40-47)69-58-22-9-7-20-56(58)68(46-18-5-2-6-19-46)57-21-8-10-23-59(57)69/h1-44H. The molecule has 0 aliphatic rings. The summed E-state index contributed by atoms with van der Waals surface area (Å²) in [7, 11) is 0. The molecule has 0 saturated carbocycles. The second-order valence-corrected chi connectivity index (χ2v) is 19.5. The molecule has 1 heteroatoms. The Morgan fingerprint density at radius 3 is 1.01 bits per heavy atom. The summed E-state index contributed by atoms with van der Waals surface area (Å²) < 4.78 is 6.65. The van der Waals surface area contributed by atoms with Crippen LogP contribution in [0.1, 0.15) is 0 Å². The molecule has 0 fully saturated rings. The first-order valence-electron chi connectivity index (χ1n) is 25.2. The topological polar surface area (TPSA) is 13.1 Å². The normalized spacial score (nSPS) is 11.8. The van der Waals surface area contributed by atoms with Crippen molar-refractivity contribution < 1.29 is 4.42 Å². The summed E-state index contributed by atoms with van der Waals surface area (Å²) >= 11 is 0. The Labute approximate surface area is 422 Å². The third-order valence-corrected chi connectivity index (χ3v) is 15.4. The summed E-state index contributed by atoms with van der Waals surface area (Å²) in [6, 6.07) is 98.0. The van der Waals surface area contributed by atoms with Crippen molar-refractivity contribution in [3.05, 3.63) is 267 Å². The van der Waals surface area contributed by atoms with Crippen molar-refractivity contribution in [1.82, 2.24) is 0 Å². The van der Waals surface area contributed by atoms with Gasteiger partial charge in [0.2, 0.25) is 0 Å². The van der Waals surface area contributed by atoms with Crippen LogP contribution in [0.2, 0.25) is 0 Å². The second-order valence-electron chi connectivity index (χ2n) is 19.5. The molecule has 73 heavy (non-hydrogen) atoms. The average molecular weight is 925 g/mol. The van der Waals surface area contributed by atoms with E-state index in [1.807, 2.05) is 0 Å². The van der Waals surface area contributed by atoms with E-state index in [0.717, 1.165) is 27.5 Å². The van der Waals surface area contributed by atoms with Gasteiger partial charge in [-0.1, -0.05) is 224 Å². The number of fused-ring (bicyclic) bond motifs is 9. The molecule has 0 N–H and O–H groups in total. The Bertz CT molecular complexity index is 4600. The number of hydrogen-bond donors (Lipinski definition) is 0. The van der Waals surface area contributed by atoms with Crippen molar-refractivity contribution in [2.24, 2.45) is 0 Å². The predicted molar refractivity (Wildman–Crippen MR) is 311 cm³/mol. The van der Waals surface area contributed by atoms with Crippen LogP contribution in [0.3, 0.4) is 0 Å². The summed E-state index contributed by atoms with van der Waals surface area (Å²) in [5.41, 5.74) is 16.4. The van der Waals surface area contributed by atoms with Crippen molar-refractivity contribution in [3.8, 4) is 66.8 Å². The van der Waals surface area contributed by atoms with Crippen molar-refractivity contribution >= 4 is 86.6 Å². The quantitative estimate of drug-likeness (QED) is 0.151. The van der Waals surface area contributed by atoms with Crippen molar-refractivity contribution in [1.29, 1.82) is 0 Å². The van der Waals surface area contributed by atoms with Crippen LogP contribution >= 0.6 is 0 Å². The van der Waals surface area contributed by atoms with Crippen molar-refractivity contribution in [2.45, 2.75) is 0 Å². The molecule has 0 radical (unpaired) electrons. The molecule has 0 spiro atoms. The fraction of sp³-hybridized carbons (Fsp3) is 0. The smallest absolute Gasteiger partial charge is 0.136 e. The van der Waals surface area contributed by atoms with E-state index in [1.54, 1.807) is 0 Å². The zero-order chi connectivity index (χ0) is 48.0. The van der Waals surface area contributed by atoms with Gasteiger partial charge in [0.25, 0.3) is 0 Å². The summed E-state index contributed by atoms with van der Waals surface area (Å²) in [4.78, 5) is 0. The second kappa shape index (κ2) is 16.5. The lowest BCUT2D eigenvalue weighted by atomic mass is 9.84. The minimum atomic E-state index is 0.894. The molecule has 0 unspecified atom stereocenters. The fourth-order valence-corrected chi connectivity index (χ4v) is 12.1. The molecule has 338 valence electrons. The van der Waals surface area contributed by atoms with E-state index in [-0.39, 0.29) is 0 Å². The van der Waals surface area contributed by atoms with E-state index in [9.17, 15) is 0 Å². The maximum atomic E-state index is 6.65. The molecular formula is C72H44O. The van der Waals surface area contributed by atoms with Crippen LogP contribution in [0, 0.1) is 0 Å². The van der Waals surface area contributed by atoms with Gasteiger partial charge in [-0.25, -0.2) is 0 Å². The number of hydrogen-bond acceptors (Lipinski definition) is 1. The third kappa shape index (κ3) is 6.63. The predicted octanol–water partition coefficient (Wildman–Crippen LogP) is 20.5. The molecule has 1 heterocycles. The Kier molecular flexibility index (Phi) is 9.33. The van der Waals surface area contributed by atoms with Gasteiger partial charge >= 0.3 is 0 Å². The van der Waals surface area contributed by atoms with Crippen molar-refractivity contribution in [2.75, 3.05) is 0 Å². The first kappa shape index (κ1) is 41.2. The monoisotopic (exact) mass is 924 g/mol. The first-order valence-corrected chi connectivity index (χ1v) is 25.2. The lowest BCUT2D eigenvalue weighted by Gasteiger charge is -2.18. The van der Waals surface area contributed by atoms with Gasteiger partial charge in [-0.15, -0.1) is 0 Å². The van der Waals surface area contributed by atoms with E-state index in [1.165, 1.54) is 126 Å². The summed E-state index contributed by atoms with van der Waals surface area (Å²) in [6.07, 6.45) is 0. The van der Waals surface area contributed by atoms with Crippen molar-refractivity contribution in [3.63, 3.8) is 0 Å². The third-order valence-electron chi connectivity index (χ3n) is 15.4. The molecular weight excluding hydrogens is 881 g/mol. The van der Waals surface area contributed by atoms with E-state index in [2.05, 4.69) is 267 Å². The van der Waals surface area contributed by atoms with Crippen LogP contribution < -0.4 is 0 Å². The van der Waals surface area contributed by atoms with Crippen LogP contribution in [0.5, 0.6) is 0 Å². The first-order chi connectivity index (χ1) is 36.2. The molecule has 0 amide bonds. The Balaban J connectivity index is 0.807. The van der Waals surface area contributed by atoms with Gasteiger partial charge in [-0.3, -0.25) is 0 Å². The largest absolute Gasteiger partial charge is 0.456 e. The van der Waals surface area contributed by atoms with Gasteiger partial charge in [0.15, 0.2) is 0 Å². The molecule has 15 aromatic rings. The highest BCUT2D eigenvalue weighted by atomic mass is 16.3. The maximum Gasteiger partial charge on any atom is 0.136 e. The number of furan rings is 1. The average Bonchev–Trinajstić information content (AvgIpc) is 3.85. The fourth-order valence-electron chi connectivity index (χ4n) is 12.1. The Morgan fingerprint density at radius 1 is 0.192 bits per heavy atom. The van der Waals surface area contributed by atoms with Gasteiger partial charge < -0.3 is 4.42 Å². The Hall–Kier alpha value is -9.56. The van der Waals surface area contributed by atoms with E-state index < -0.39 is 0 Å². The van der Waals surface area contributed by atoms with Crippen LogP contribution in [0.4, 0.5) is 0 Å². The zero-order valence-electron chi connectivity index (χ0n) is 39.8. The number of benzene rings is 14. The Morgan fingerprint density at radius 2 is 0.548 bits per heavy atom. The maximum absolute atomic E-state index is 6.65. The molecule has 14 aromatic carbocycles. The molecule has 1 nitrogen and oxygen atoms in total. The van der Waals surface area contributed by atoms with E-state index in [4.69, 9.17) is 4.42 Å². The molecule has 0 bridgehead atoms. The van der Waals surface area contributed by atoms with Gasteiger partial charge in [0.05, 0.1) is 0 Å². The number of rotatable bonds is 6. The molecule has 0 saturated heterocycles. The highest BCUT2D eigenvalue weighted by Gasteiger charge is 2.22. The van der Waals surface area contributed by atoms with Gasteiger partial charge in [-0.05, 0) is 174 Å². The van der Waals surface area contributed by atoms with Gasteiger partial charge in [-0.2, -0.15) is 0 Å². The van der Waals surface area contributed by atoms with Crippen LogP contribution in [-0.4, -0.2) is 0 Å². The van der Waals surface area contributed by atoms with Crippen LogP contribution in [0.15, 0.2) is 271 Å². The molecule has 1 aromatic heterocycles. The summed E-state index contributed by atoms with van der Waals surface area (Å²) in [5.74, 6) is 0. The highest BCUT2D eigenvalue weighted by Crippen LogP contribution is 2.48. The minimum absolute atomic E-state index is 0.894. The zero-order valence-corrected chi connectivity index (χ0v) is 39.8. The molecule has 0 atom stereocenters. The summed E-state index contributed by atoms with van der Waals surface area (Å²) in [6.45, 7) is 0. The van der Waals surface area contributed by atoms with Gasteiger partial charge in [0.1, 0.15) is 11.2 Å². The highest BCUT2D eigenvalue weighted by molar-refractivity contribution is 6.26. The minimum Gasteiger partial charge on any atom is -0.456 e. The summed E-state index contributed by atoms with van der Waals surface area (Å²) in [5, 5.41) is 17.1. The lowest BCUT2D eigenvalue weighted by molar-refractivity contribution is 0.669. The van der Waals surface area contributed by atoms with Gasteiger partial charge in [0, 0.05) is 10.8 Å². The van der Waals surface area contributed by atoms with Crippen LogP contribution in [0.25, 0.3) is 153 Å². The molecule has 0 aliphatic heterocycles. The molecule has 0 aliphatic carbocycles. The van der Waals surface area contributed by atoms with Crippen LogP contribution in [-0.2, 0) is 0 Å². The lowest BCUT2D eigenvalue weighted by Crippen LogP contribution is -1.91. The van der Waals surface area contributed by atoms with E-state index >= 15 is 0 Å². The van der Waals surface area contributed by atoms with E-state index in [0.29, 0.717) is 0 Å². The molecule has 15 rings (SSSR count). The SMILES string of the molecule is c1ccc(-c2ccc3c(c2)oc2cccc(-c4c5ccccc5c(-c5ccc6cc(-c7ccc8cc(-c9c%10ccccc%10c(-c%10ccccc%10)c%10ccccc9%10)ccc8c7)ccc6c5)c5ccccc45)c23)cc1.